The van der Waals surface area contributed by atoms with Crippen LogP contribution in [0.4, 0.5) is 0 Å². The van der Waals surface area contributed by atoms with E-state index in [9.17, 15) is 0 Å². The van der Waals surface area contributed by atoms with Gasteiger partial charge in [-0.2, -0.15) is 5.10 Å². The van der Waals surface area contributed by atoms with E-state index in [4.69, 9.17) is 9.84 Å². The third kappa shape index (κ3) is 2.45. The summed E-state index contributed by atoms with van der Waals surface area (Å²) >= 11 is 1.72. The molecule has 0 unspecified atom stereocenters. The summed E-state index contributed by atoms with van der Waals surface area (Å²) in [5.74, 6) is 0.975. The molecule has 0 fully saturated rings. The maximum atomic E-state index is 6.32. The number of ether oxygens (including phenoxy) is 1. The van der Waals surface area contributed by atoms with Gasteiger partial charge >= 0.3 is 0 Å². The zero-order chi connectivity index (χ0) is 16.8. The lowest BCUT2D eigenvalue weighted by atomic mass is 9.96. The van der Waals surface area contributed by atoms with Crippen molar-refractivity contribution in [2.24, 2.45) is 5.10 Å². The summed E-state index contributed by atoms with van der Waals surface area (Å²) in [7, 11) is 0. The first-order valence-corrected chi connectivity index (χ1v) is 9.39. The highest BCUT2D eigenvalue weighted by atomic mass is 32.1. The van der Waals surface area contributed by atoms with Crippen molar-refractivity contribution < 1.29 is 4.74 Å². The Hall–Kier alpha value is -2.59. The molecule has 0 spiro atoms. The maximum absolute atomic E-state index is 6.32. The summed E-state index contributed by atoms with van der Waals surface area (Å²) in [5, 5.41) is 9.21. The lowest BCUT2D eigenvalue weighted by Gasteiger charge is -2.37. The summed E-state index contributed by atoms with van der Waals surface area (Å²) in [6.07, 6.45) is 0.758. The van der Waals surface area contributed by atoms with Gasteiger partial charge in [0.25, 0.3) is 0 Å². The molecule has 0 saturated carbocycles. The predicted octanol–water partition coefficient (Wildman–Crippen LogP) is 5.30. The summed E-state index contributed by atoms with van der Waals surface area (Å²) in [6.45, 7) is 2.11. The topological polar surface area (TPSA) is 24.8 Å². The Morgan fingerprint density at radius 2 is 1.88 bits per heavy atom. The van der Waals surface area contributed by atoms with Crippen LogP contribution in [0.2, 0.25) is 0 Å². The molecule has 2 aromatic carbocycles. The number of para-hydroxylation sites is 1. The van der Waals surface area contributed by atoms with Crippen LogP contribution in [-0.2, 0) is 0 Å². The molecule has 3 heterocycles. The summed E-state index contributed by atoms with van der Waals surface area (Å²) in [6, 6.07) is 21.4. The number of rotatable bonds is 2. The van der Waals surface area contributed by atoms with Gasteiger partial charge in [-0.15, -0.1) is 11.3 Å². The van der Waals surface area contributed by atoms with Crippen LogP contribution in [0.15, 0.2) is 71.1 Å². The molecule has 1 aromatic heterocycles. The van der Waals surface area contributed by atoms with Gasteiger partial charge in [0.2, 0.25) is 6.23 Å². The first-order chi connectivity index (χ1) is 12.3. The number of benzene rings is 2. The average Bonchev–Trinajstić information content (AvgIpc) is 3.32. The number of thiophene rings is 1. The molecule has 3 nitrogen and oxygen atoms in total. The fraction of sp³-hybridized carbons (Fsp3) is 0.190. The van der Waals surface area contributed by atoms with Crippen LogP contribution in [-0.4, -0.2) is 10.7 Å². The standard InChI is InChI=1S/C21H18N2OS/c1-14-8-10-15(11-9-14)17-13-18-16-5-2-3-6-19(16)24-21(23(18)22-17)20-7-4-12-25-20/h2-12,18,21H,13H2,1H3/t18-,21+/m1/s1. The molecule has 2 aliphatic heterocycles. The van der Waals surface area contributed by atoms with Crippen LogP contribution < -0.4 is 4.74 Å². The van der Waals surface area contributed by atoms with Crippen LogP contribution in [0.1, 0.15) is 40.3 Å². The third-order valence-electron chi connectivity index (χ3n) is 4.87. The maximum Gasteiger partial charge on any atom is 0.222 e. The second-order valence-electron chi connectivity index (χ2n) is 6.54. The minimum Gasteiger partial charge on any atom is -0.464 e. The Balaban J connectivity index is 1.59. The van der Waals surface area contributed by atoms with Crippen LogP contribution in [0.5, 0.6) is 5.75 Å². The van der Waals surface area contributed by atoms with Gasteiger partial charge < -0.3 is 4.74 Å². The van der Waals surface area contributed by atoms with Gasteiger partial charge in [-0.3, -0.25) is 0 Å². The van der Waals surface area contributed by atoms with Crippen molar-refractivity contribution >= 4 is 17.0 Å². The molecule has 0 saturated heterocycles. The molecule has 0 aliphatic carbocycles. The fourth-order valence-corrected chi connectivity index (χ4v) is 4.32. The van der Waals surface area contributed by atoms with Gasteiger partial charge in [0.1, 0.15) is 5.75 Å². The average molecular weight is 346 g/mol. The number of aryl methyl sites for hydroxylation is 1. The molecule has 0 bridgehead atoms. The Morgan fingerprint density at radius 3 is 2.68 bits per heavy atom. The number of hydrazone groups is 1. The first-order valence-electron chi connectivity index (χ1n) is 8.51. The first kappa shape index (κ1) is 14.7. The molecule has 3 aromatic rings. The molecule has 2 aliphatic rings. The van der Waals surface area contributed by atoms with Gasteiger partial charge in [-0.25, -0.2) is 5.01 Å². The largest absolute Gasteiger partial charge is 0.464 e. The van der Waals surface area contributed by atoms with Crippen LogP contribution in [0, 0.1) is 6.92 Å². The molecule has 0 amide bonds. The van der Waals surface area contributed by atoms with Crippen molar-refractivity contribution in [3.63, 3.8) is 0 Å². The second-order valence-corrected chi connectivity index (χ2v) is 7.52. The number of hydrogen-bond donors (Lipinski definition) is 0. The lowest BCUT2D eigenvalue weighted by molar-refractivity contribution is -0.0165. The van der Waals surface area contributed by atoms with E-state index < -0.39 is 0 Å². The summed E-state index contributed by atoms with van der Waals surface area (Å²) in [4.78, 5) is 1.19. The Bertz CT molecular complexity index is 931. The molecular formula is C21H18N2OS. The molecular weight excluding hydrogens is 328 g/mol. The number of hydrogen-bond acceptors (Lipinski definition) is 4. The van der Waals surface area contributed by atoms with E-state index in [1.807, 2.05) is 6.07 Å². The molecule has 4 heteroatoms. The van der Waals surface area contributed by atoms with Crippen LogP contribution in [0.3, 0.4) is 0 Å². The van der Waals surface area contributed by atoms with E-state index in [1.165, 1.54) is 21.6 Å². The smallest absolute Gasteiger partial charge is 0.222 e. The van der Waals surface area contributed by atoms with E-state index in [0.717, 1.165) is 17.9 Å². The second kappa shape index (κ2) is 5.74. The molecule has 2 atom stereocenters. The zero-order valence-corrected chi connectivity index (χ0v) is 14.7. The van der Waals surface area contributed by atoms with Crippen molar-refractivity contribution in [2.45, 2.75) is 25.6 Å². The summed E-state index contributed by atoms with van der Waals surface area (Å²) in [5.41, 5.74) is 4.82. The monoisotopic (exact) mass is 346 g/mol. The third-order valence-corrected chi connectivity index (χ3v) is 5.77. The van der Waals surface area contributed by atoms with E-state index in [-0.39, 0.29) is 12.3 Å². The highest BCUT2D eigenvalue weighted by Crippen LogP contribution is 2.47. The Labute approximate surface area is 151 Å². The van der Waals surface area contributed by atoms with E-state index in [2.05, 4.69) is 71.9 Å². The minimum absolute atomic E-state index is 0.150. The van der Waals surface area contributed by atoms with Crippen LogP contribution in [0.25, 0.3) is 0 Å². The molecule has 5 rings (SSSR count). The quantitative estimate of drug-likeness (QED) is 0.629. The van der Waals surface area contributed by atoms with Crippen molar-refractivity contribution in [1.29, 1.82) is 0 Å². The van der Waals surface area contributed by atoms with Crippen molar-refractivity contribution in [3.8, 4) is 5.75 Å². The normalized spacial score (nSPS) is 21.3. The van der Waals surface area contributed by atoms with Crippen molar-refractivity contribution in [2.75, 3.05) is 0 Å². The predicted molar refractivity (Wildman–Crippen MR) is 101 cm³/mol. The highest BCUT2D eigenvalue weighted by molar-refractivity contribution is 7.10. The molecule has 124 valence electrons. The van der Waals surface area contributed by atoms with E-state index in [1.54, 1.807) is 11.3 Å². The molecule has 0 radical (unpaired) electrons. The Kier molecular flexibility index (Phi) is 3.38. The lowest BCUT2D eigenvalue weighted by Crippen LogP contribution is -2.33. The van der Waals surface area contributed by atoms with Crippen molar-refractivity contribution in [1.82, 2.24) is 5.01 Å². The van der Waals surface area contributed by atoms with Crippen molar-refractivity contribution in [3.05, 3.63) is 87.6 Å². The van der Waals surface area contributed by atoms with Gasteiger partial charge in [-0.1, -0.05) is 54.1 Å². The van der Waals surface area contributed by atoms with Gasteiger partial charge in [0, 0.05) is 12.0 Å². The minimum atomic E-state index is -0.150. The van der Waals surface area contributed by atoms with Gasteiger partial charge in [0.15, 0.2) is 0 Å². The van der Waals surface area contributed by atoms with Gasteiger partial charge in [-0.05, 0) is 30.0 Å². The highest BCUT2D eigenvalue weighted by Gasteiger charge is 2.41. The molecule has 25 heavy (non-hydrogen) atoms. The number of fused-ring (bicyclic) bond motifs is 3. The van der Waals surface area contributed by atoms with Gasteiger partial charge in [0.05, 0.1) is 16.6 Å². The number of nitrogens with zero attached hydrogens (tertiary/aromatic N) is 2. The zero-order valence-electron chi connectivity index (χ0n) is 13.9. The van der Waals surface area contributed by atoms with E-state index in [0.29, 0.717) is 0 Å². The molecule has 0 N–H and O–H groups in total. The SMILES string of the molecule is Cc1ccc(C2=NN3[C@H](C2)c2ccccc2O[C@H]3c2cccs2)cc1. The van der Waals surface area contributed by atoms with E-state index >= 15 is 0 Å². The fourth-order valence-electron chi connectivity index (χ4n) is 3.57. The van der Waals surface area contributed by atoms with Crippen LogP contribution >= 0.6 is 11.3 Å². The summed E-state index contributed by atoms with van der Waals surface area (Å²) < 4.78 is 6.32. The Morgan fingerprint density at radius 1 is 1.04 bits per heavy atom.